The highest BCUT2D eigenvalue weighted by Gasteiger charge is 2.26. The van der Waals surface area contributed by atoms with Crippen molar-refractivity contribution in [2.75, 3.05) is 26.2 Å². The van der Waals surface area contributed by atoms with E-state index in [0.717, 1.165) is 74.6 Å². The van der Waals surface area contributed by atoms with Crippen molar-refractivity contribution in [3.05, 3.63) is 36.2 Å². The maximum atomic E-state index is 4.64. The minimum atomic E-state index is 0.752. The summed E-state index contributed by atoms with van der Waals surface area (Å²) in [6.45, 7) is 15.8. The smallest absolute Gasteiger partial charge is 0.167 e. The Labute approximate surface area is 169 Å². The summed E-state index contributed by atoms with van der Waals surface area (Å²) in [5.41, 5.74) is 0. The van der Waals surface area contributed by atoms with E-state index < -0.39 is 0 Å². The fourth-order valence-electron chi connectivity index (χ4n) is 5.51. The van der Waals surface area contributed by atoms with Crippen LogP contribution in [0.3, 0.4) is 0 Å². The topological polar surface area (TPSA) is 42.1 Å². The van der Waals surface area contributed by atoms with E-state index in [1.165, 1.54) is 12.8 Å². The highest BCUT2D eigenvalue weighted by atomic mass is 15.5. The van der Waals surface area contributed by atoms with Crippen LogP contribution >= 0.6 is 0 Å². The van der Waals surface area contributed by atoms with Crippen LogP contribution in [0.2, 0.25) is 0 Å². The van der Waals surface area contributed by atoms with Gasteiger partial charge in [0.15, 0.2) is 11.6 Å². The second-order valence-electron chi connectivity index (χ2n) is 9.69. The van der Waals surface area contributed by atoms with Gasteiger partial charge in [-0.05, 0) is 48.6 Å². The van der Waals surface area contributed by atoms with Crippen molar-refractivity contribution in [3.63, 3.8) is 0 Å². The Balaban J connectivity index is 1.56. The van der Waals surface area contributed by atoms with Crippen LogP contribution < -0.4 is 0 Å². The van der Waals surface area contributed by atoms with Crippen LogP contribution in [0.4, 0.5) is 0 Å². The zero-order chi connectivity index (χ0) is 19.7. The molecule has 0 aliphatic carbocycles. The maximum Gasteiger partial charge on any atom is 0.167 e. The second-order valence-corrected chi connectivity index (χ2v) is 9.69. The molecule has 28 heavy (non-hydrogen) atoms. The third kappa shape index (κ3) is 4.49. The van der Waals surface area contributed by atoms with Gasteiger partial charge >= 0.3 is 0 Å². The highest BCUT2D eigenvalue weighted by molar-refractivity contribution is 5.02. The zero-order valence-corrected chi connectivity index (χ0v) is 18.0. The van der Waals surface area contributed by atoms with Crippen LogP contribution in [0.25, 0.3) is 0 Å². The Bertz CT molecular complexity index is 686. The van der Waals surface area contributed by atoms with Crippen molar-refractivity contribution in [3.8, 4) is 0 Å². The lowest BCUT2D eigenvalue weighted by Gasteiger charge is -2.35. The molecule has 6 nitrogen and oxygen atoms in total. The Morgan fingerprint density at radius 3 is 1.50 bits per heavy atom. The van der Waals surface area contributed by atoms with Crippen LogP contribution in [0, 0.1) is 23.7 Å². The first-order valence-electron chi connectivity index (χ1n) is 11.0. The molecule has 0 bridgehead atoms. The van der Waals surface area contributed by atoms with E-state index in [2.05, 4.69) is 81.6 Å². The van der Waals surface area contributed by atoms with Gasteiger partial charge in [0, 0.05) is 38.6 Å². The largest absolute Gasteiger partial charge is 0.295 e. The lowest BCUT2D eigenvalue weighted by molar-refractivity contribution is 0.125. The SMILES string of the molecule is CC1CC(C)CN(Cc2nnc(CN3CC(C)CC(C)C3)n2-n2cccc2)C1. The van der Waals surface area contributed by atoms with Gasteiger partial charge in [-0.3, -0.25) is 14.5 Å². The Morgan fingerprint density at radius 2 is 1.11 bits per heavy atom. The van der Waals surface area contributed by atoms with Crippen LogP contribution in [0.15, 0.2) is 24.5 Å². The minimum absolute atomic E-state index is 0.752. The number of hydrogen-bond acceptors (Lipinski definition) is 4. The first-order chi connectivity index (χ1) is 13.5. The van der Waals surface area contributed by atoms with Crippen molar-refractivity contribution >= 4 is 0 Å². The third-order valence-corrected chi connectivity index (χ3v) is 6.21. The molecule has 2 aromatic heterocycles. The molecule has 0 amide bonds. The molecule has 2 fully saturated rings. The molecule has 2 aliphatic heterocycles. The van der Waals surface area contributed by atoms with Gasteiger partial charge in [-0.15, -0.1) is 10.2 Å². The summed E-state index contributed by atoms with van der Waals surface area (Å²) >= 11 is 0. The first kappa shape index (κ1) is 19.6. The molecule has 2 saturated heterocycles. The minimum Gasteiger partial charge on any atom is -0.295 e. The molecule has 4 atom stereocenters. The molecule has 0 N–H and O–H groups in total. The van der Waals surface area contributed by atoms with E-state index >= 15 is 0 Å². The van der Waals surface area contributed by atoms with E-state index in [4.69, 9.17) is 0 Å². The monoisotopic (exact) mass is 384 g/mol. The molecule has 6 heteroatoms. The lowest BCUT2D eigenvalue weighted by Crippen LogP contribution is -2.40. The molecule has 4 rings (SSSR count). The van der Waals surface area contributed by atoms with Gasteiger partial charge in [0.2, 0.25) is 0 Å². The summed E-state index contributed by atoms with van der Waals surface area (Å²) in [7, 11) is 0. The zero-order valence-electron chi connectivity index (χ0n) is 18.0. The predicted molar refractivity (Wildman–Crippen MR) is 112 cm³/mol. The van der Waals surface area contributed by atoms with Gasteiger partial charge in [-0.25, -0.2) is 4.68 Å². The van der Waals surface area contributed by atoms with Crippen LogP contribution in [-0.2, 0) is 13.1 Å². The number of aromatic nitrogens is 4. The first-order valence-corrected chi connectivity index (χ1v) is 11.0. The average molecular weight is 385 g/mol. The molecule has 0 aromatic carbocycles. The number of piperidine rings is 2. The van der Waals surface area contributed by atoms with E-state index in [-0.39, 0.29) is 0 Å². The summed E-state index contributed by atoms with van der Waals surface area (Å²) in [4.78, 5) is 5.11. The van der Waals surface area contributed by atoms with E-state index in [9.17, 15) is 0 Å². The number of likely N-dealkylation sites (tertiary alicyclic amines) is 2. The van der Waals surface area contributed by atoms with Gasteiger partial charge in [-0.2, -0.15) is 0 Å². The number of rotatable bonds is 5. The van der Waals surface area contributed by atoms with E-state index in [1.54, 1.807) is 0 Å². The molecule has 2 aromatic rings. The molecule has 0 spiro atoms. The van der Waals surface area contributed by atoms with Crippen molar-refractivity contribution in [2.24, 2.45) is 23.7 Å². The highest BCUT2D eigenvalue weighted by Crippen LogP contribution is 2.24. The molecular formula is C22H36N6. The van der Waals surface area contributed by atoms with Crippen molar-refractivity contribution in [2.45, 2.75) is 53.6 Å². The fourth-order valence-corrected chi connectivity index (χ4v) is 5.51. The molecule has 0 saturated carbocycles. The van der Waals surface area contributed by atoms with Gasteiger partial charge in [0.05, 0.1) is 13.1 Å². The standard InChI is InChI=1S/C22H36N6/c1-17-9-18(2)12-25(11-17)15-21-23-24-22(28(21)27-7-5-6-8-27)16-26-13-19(3)10-20(4)14-26/h5-8,17-20H,9-16H2,1-4H3. The lowest BCUT2D eigenvalue weighted by atomic mass is 9.92. The Morgan fingerprint density at radius 1 is 0.714 bits per heavy atom. The van der Waals surface area contributed by atoms with Crippen molar-refractivity contribution in [1.29, 1.82) is 0 Å². The quantitative estimate of drug-likeness (QED) is 0.793. The average Bonchev–Trinajstić information content (AvgIpc) is 3.23. The molecular weight excluding hydrogens is 348 g/mol. The molecule has 4 heterocycles. The van der Waals surface area contributed by atoms with Gasteiger partial charge in [0.1, 0.15) is 0 Å². The maximum absolute atomic E-state index is 4.64. The summed E-state index contributed by atoms with van der Waals surface area (Å²) in [5, 5.41) is 9.29. The van der Waals surface area contributed by atoms with Gasteiger partial charge in [-0.1, -0.05) is 27.7 Å². The summed E-state index contributed by atoms with van der Waals surface area (Å²) in [6.07, 6.45) is 6.85. The molecule has 2 aliphatic rings. The van der Waals surface area contributed by atoms with E-state index in [1.807, 2.05) is 0 Å². The summed E-state index contributed by atoms with van der Waals surface area (Å²) in [6, 6.07) is 4.15. The normalized spacial score (nSPS) is 30.0. The Kier molecular flexibility index (Phi) is 5.88. The predicted octanol–water partition coefficient (Wildman–Crippen LogP) is 3.35. The van der Waals surface area contributed by atoms with Gasteiger partial charge in [0.25, 0.3) is 0 Å². The fraction of sp³-hybridized carbons (Fsp3) is 0.727. The van der Waals surface area contributed by atoms with E-state index in [0.29, 0.717) is 0 Å². The molecule has 154 valence electrons. The van der Waals surface area contributed by atoms with Crippen molar-refractivity contribution < 1.29 is 0 Å². The molecule has 4 unspecified atom stereocenters. The summed E-state index contributed by atoms with van der Waals surface area (Å²) < 4.78 is 4.37. The van der Waals surface area contributed by atoms with Crippen LogP contribution in [-0.4, -0.2) is 55.5 Å². The van der Waals surface area contributed by atoms with Crippen molar-refractivity contribution in [1.82, 2.24) is 29.3 Å². The van der Waals surface area contributed by atoms with Crippen LogP contribution in [0.1, 0.15) is 52.2 Å². The van der Waals surface area contributed by atoms with Gasteiger partial charge < -0.3 is 0 Å². The third-order valence-electron chi connectivity index (χ3n) is 6.21. The number of nitrogens with zero attached hydrogens (tertiary/aromatic N) is 6. The van der Waals surface area contributed by atoms with Crippen LogP contribution in [0.5, 0.6) is 0 Å². The summed E-state index contributed by atoms with van der Waals surface area (Å²) in [5.74, 6) is 5.10. The second kappa shape index (κ2) is 8.37. The number of hydrogen-bond donors (Lipinski definition) is 0. The Hall–Kier alpha value is -1.66. The molecule has 0 radical (unpaired) electrons.